The van der Waals surface area contributed by atoms with Crippen LogP contribution in [0, 0.1) is 0 Å². The highest BCUT2D eigenvalue weighted by atomic mass is 32.1. The zero-order valence-corrected chi connectivity index (χ0v) is 11.3. The van der Waals surface area contributed by atoms with Crippen LogP contribution in [-0.2, 0) is 6.54 Å². The summed E-state index contributed by atoms with van der Waals surface area (Å²) in [6.07, 6.45) is 5.05. The molecule has 0 fully saturated rings. The number of carbonyl (C=O) groups is 1. The van der Waals surface area contributed by atoms with Crippen molar-refractivity contribution in [3.8, 4) is 10.7 Å². The molecule has 0 radical (unpaired) electrons. The molecule has 3 heterocycles. The fourth-order valence-electron chi connectivity index (χ4n) is 1.97. The Labute approximate surface area is 118 Å². The molecule has 1 amide bonds. The molecular formula is C13H12N4O2S. The van der Waals surface area contributed by atoms with Crippen molar-refractivity contribution in [3.05, 3.63) is 53.6 Å². The standard InChI is InChI=1S/C13H12N4O2S/c14-16-13(18)9-3-6-19-10(9)8-17-5-4-15-12(17)11-2-1-7-20-11/h1-7H,8,14H2,(H,16,18). The van der Waals surface area contributed by atoms with Gasteiger partial charge in [-0.3, -0.25) is 10.2 Å². The van der Waals surface area contributed by atoms with Crippen LogP contribution in [0.5, 0.6) is 0 Å². The van der Waals surface area contributed by atoms with Crippen molar-refractivity contribution < 1.29 is 9.21 Å². The van der Waals surface area contributed by atoms with Gasteiger partial charge < -0.3 is 8.98 Å². The highest BCUT2D eigenvalue weighted by molar-refractivity contribution is 7.13. The quantitative estimate of drug-likeness (QED) is 0.436. The minimum atomic E-state index is -0.369. The number of nitrogens with zero attached hydrogens (tertiary/aromatic N) is 2. The first-order chi connectivity index (χ1) is 9.79. The highest BCUT2D eigenvalue weighted by Gasteiger charge is 2.16. The van der Waals surface area contributed by atoms with Gasteiger partial charge in [0.1, 0.15) is 11.6 Å². The Balaban J connectivity index is 1.92. The molecule has 6 nitrogen and oxygen atoms in total. The number of carbonyl (C=O) groups excluding carboxylic acids is 1. The van der Waals surface area contributed by atoms with E-state index in [4.69, 9.17) is 10.3 Å². The van der Waals surface area contributed by atoms with E-state index in [1.807, 2.05) is 28.3 Å². The normalized spacial score (nSPS) is 10.7. The van der Waals surface area contributed by atoms with Crippen LogP contribution < -0.4 is 11.3 Å². The minimum Gasteiger partial charge on any atom is -0.467 e. The maximum atomic E-state index is 11.6. The molecule has 0 unspecified atom stereocenters. The Morgan fingerprint density at radius 1 is 1.50 bits per heavy atom. The van der Waals surface area contributed by atoms with Crippen LogP contribution >= 0.6 is 11.3 Å². The summed E-state index contributed by atoms with van der Waals surface area (Å²) in [5.41, 5.74) is 2.54. The lowest BCUT2D eigenvalue weighted by atomic mass is 10.2. The molecule has 0 aliphatic rings. The third-order valence-electron chi connectivity index (χ3n) is 2.89. The fourth-order valence-corrected chi connectivity index (χ4v) is 2.70. The number of imidazole rings is 1. The predicted octanol–water partition coefficient (Wildman–Crippen LogP) is 1.86. The van der Waals surface area contributed by atoms with Gasteiger partial charge in [-0.1, -0.05) is 6.07 Å². The Hall–Kier alpha value is -2.38. The first-order valence-corrected chi connectivity index (χ1v) is 6.80. The summed E-state index contributed by atoms with van der Waals surface area (Å²) in [5, 5.41) is 1.99. The van der Waals surface area contributed by atoms with Gasteiger partial charge in [0.2, 0.25) is 0 Å². The van der Waals surface area contributed by atoms with Crippen molar-refractivity contribution >= 4 is 17.2 Å². The zero-order valence-electron chi connectivity index (χ0n) is 10.4. The van der Waals surface area contributed by atoms with Gasteiger partial charge in [-0.05, 0) is 17.5 Å². The third kappa shape index (κ3) is 2.24. The van der Waals surface area contributed by atoms with Gasteiger partial charge in [-0.15, -0.1) is 11.3 Å². The largest absolute Gasteiger partial charge is 0.467 e. The zero-order chi connectivity index (χ0) is 13.9. The lowest BCUT2D eigenvalue weighted by molar-refractivity contribution is 0.0951. The van der Waals surface area contributed by atoms with E-state index in [0.717, 1.165) is 10.7 Å². The van der Waals surface area contributed by atoms with Gasteiger partial charge in [0, 0.05) is 12.4 Å². The second-order valence-corrected chi connectivity index (χ2v) is 5.03. The maximum absolute atomic E-state index is 11.6. The number of nitrogen functional groups attached to an aromatic ring is 1. The van der Waals surface area contributed by atoms with Crippen LogP contribution in [0.3, 0.4) is 0 Å². The van der Waals surface area contributed by atoms with E-state index in [1.165, 1.54) is 6.26 Å². The second-order valence-electron chi connectivity index (χ2n) is 4.09. The van der Waals surface area contributed by atoms with Crippen molar-refractivity contribution in [1.29, 1.82) is 0 Å². The number of hydrogen-bond donors (Lipinski definition) is 2. The van der Waals surface area contributed by atoms with Crippen LogP contribution in [0.4, 0.5) is 0 Å². The van der Waals surface area contributed by atoms with E-state index in [0.29, 0.717) is 17.9 Å². The molecule has 0 aliphatic heterocycles. The van der Waals surface area contributed by atoms with Crippen molar-refractivity contribution in [2.24, 2.45) is 5.84 Å². The third-order valence-corrected chi connectivity index (χ3v) is 3.76. The molecule has 0 aliphatic carbocycles. The van der Waals surface area contributed by atoms with E-state index in [9.17, 15) is 4.79 Å². The SMILES string of the molecule is NNC(=O)c1ccoc1Cn1ccnc1-c1cccs1. The number of furan rings is 1. The van der Waals surface area contributed by atoms with Crippen LogP contribution in [0.1, 0.15) is 16.1 Å². The molecule has 102 valence electrons. The Morgan fingerprint density at radius 2 is 2.40 bits per heavy atom. The second kappa shape index (κ2) is 5.32. The number of nitrogens with one attached hydrogen (secondary N) is 1. The summed E-state index contributed by atoms with van der Waals surface area (Å²) >= 11 is 1.61. The Kier molecular flexibility index (Phi) is 3.36. The molecule has 0 aromatic carbocycles. The van der Waals surface area contributed by atoms with Crippen LogP contribution in [0.2, 0.25) is 0 Å². The summed E-state index contributed by atoms with van der Waals surface area (Å²) < 4.78 is 7.30. The van der Waals surface area contributed by atoms with E-state index >= 15 is 0 Å². The van der Waals surface area contributed by atoms with E-state index in [1.54, 1.807) is 23.6 Å². The van der Waals surface area contributed by atoms with Gasteiger partial charge in [0.25, 0.3) is 5.91 Å². The molecule has 0 bridgehead atoms. The smallest absolute Gasteiger partial charge is 0.268 e. The van der Waals surface area contributed by atoms with Gasteiger partial charge in [-0.25, -0.2) is 10.8 Å². The average molecular weight is 288 g/mol. The topological polar surface area (TPSA) is 86.1 Å². The molecule has 0 spiro atoms. The molecule has 3 aromatic heterocycles. The highest BCUT2D eigenvalue weighted by Crippen LogP contribution is 2.24. The van der Waals surface area contributed by atoms with Crippen molar-refractivity contribution in [1.82, 2.24) is 15.0 Å². The first-order valence-electron chi connectivity index (χ1n) is 5.92. The van der Waals surface area contributed by atoms with Crippen molar-refractivity contribution in [3.63, 3.8) is 0 Å². The number of hydrogen-bond acceptors (Lipinski definition) is 5. The number of nitrogens with two attached hydrogens (primary N) is 1. The molecule has 3 aromatic rings. The first kappa shape index (κ1) is 12.6. The predicted molar refractivity (Wildman–Crippen MR) is 75.0 cm³/mol. The maximum Gasteiger partial charge on any atom is 0.268 e. The van der Waals surface area contributed by atoms with Crippen molar-refractivity contribution in [2.75, 3.05) is 0 Å². The number of hydrazine groups is 1. The molecular weight excluding hydrogens is 276 g/mol. The van der Waals surface area contributed by atoms with Crippen molar-refractivity contribution in [2.45, 2.75) is 6.54 Å². The summed E-state index contributed by atoms with van der Waals surface area (Å²) in [6, 6.07) is 5.57. The van der Waals surface area contributed by atoms with Gasteiger partial charge >= 0.3 is 0 Å². The van der Waals surface area contributed by atoms with E-state index in [2.05, 4.69) is 10.4 Å². The Morgan fingerprint density at radius 3 is 3.15 bits per heavy atom. The number of rotatable bonds is 4. The lowest BCUT2D eigenvalue weighted by Gasteiger charge is -2.06. The molecule has 3 rings (SSSR count). The summed E-state index contributed by atoms with van der Waals surface area (Å²) in [6.45, 7) is 0.420. The summed E-state index contributed by atoms with van der Waals surface area (Å²) in [4.78, 5) is 17.0. The average Bonchev–Trinajstić information content (AvgIpc) is 3.19. The lowest BCUT2D eigenvalue weighted by Crippen LogP contribution is -2.30. The van der Waals surface area contributed by atoms with Crippen LogP contribution in [0.15, 0.2) is 46.7 Å². The summed E-state index contributed by atoms with van der Waals surface area (Å²) in [7, 11) is 0. The summed E-state index contributed by atoms with van der Waals surface area (Å²) in [5.74, 6) is 6.17. The van der Waals surface area contributed by atoms with Gasteiger partial charge in [0.15, 0.2) is 0 Å². The minimum absolute atomic E-state index is 0.369. The molecule has 0 atom stereocenters. The van der Waals surface area contributed by atoms with Crippen LogP contribution in [-0.4, -0.2) is 15.5 Å². The number of amides is 1. The molecule has 0 saturated carbocycles. The van der Waals surface area contributed by atoms with E-state index in [-0.39, 0.29) is 5.91 Å². The molecule has 20 heavy (non-hydrogen) atoms. The molecule has 3 N–H and O–H groups in total. The number of thiophene rings is 1. The van der Waals surface area contributed by atoms with Crippen LogP contribution in [0.25, 0.3) is 10.7 Å². The Bertz CT molecular complexity index is 714. The monoisotopic (exact) mass is 288 g/mol. The number of aromatic nitrogens is 2. The van der Waals surface area contributed by atoms with Gasteiger partial charge in [0.05, 0.1) is 23.2 Å². The molecule has 0 saturated heterocycles. The van der Waals surface area contributed by atoms with E-state index < -0.39 is 0 Å². The molecule has 7 heteroatoms. The fraction of sp³-hybridized carbons (Fsp3) is 0.0769. The van der Waals surface area contributed by atoms with Gasteiger partial charge in [-0.2, -0.15) is 0 Å².